The molecule has 1 rings (SSSR count). The molecule has 14 heavy (non-hydrogen) atoms. The van der Waals surface area contributed by atoms with Crippen LogP contribution in [0.2, 0.25) is 0 Å². The van der Waals surface area contributed by atoms with Crippen molar-refractivity contribution in [2.45, 2.75) is 38.3 Å². The van der Waals surface area contributed by atoms with E-state index in [1.54, 1.807) is 6.92 Å². The molecule has 0 aromatic heterocycles. The van der Waals surface area contributed by atoms with Crippen LogP contribution in [0.1, 0.15) is 26.2 Å². The maximum atomic E-state index is 11.1. The van der Waals surface area contributed by atoms with Crippen LogP contribution in [0.3, 0.4) is 0 Å². The predicted molar refractivity (Wildman–Crippen MR) is 48.8 cm³/mol. The van der Waals surface area contributed by atoms with Gasteiger partial charge in [0.25, 0.3) is 0 Å². The normalized spacial score (nSPS) is 26.1. The molecule has 2 atom stereocenters. The first-order chi connectivity index (χ1) is 6.63. The van der Waals surface area contributed by atoms with Crippen LogP contribution in [-0.4, -0.2) is 35.7 Å². The lowest BCUT2D eigenvalue weighted by Gasteiger charge is -2.10. The van der Waals surface area contributed by atoms with Gasteiger partial charge in [0, 0.05) is 6.04 Å². The Labute approximate surface area is 82.4 Å². The quantitative estimate of drug-likeness (QED) is 0.633. The van der Waals surface area contributed by atoms with Crippen molar-refractivity contribution >= 4 is 11.9 Å². The third-order valence-corrected chi connectivity index (χ3v) is 2.26. The largest absolute Gasteiger partial charge is 0.480 e. The third-order valence-electron chi connectivity index (χ3n) is 2.26. The average Bonchev–Trinajstić information content (AvgIpc) is 2.53. The Bertz CT molecular complexity index is 229. The number of hydrogen-bond acceptors (Lipinski definition) is 4. The van der Waals surface area contributed by atoms with Crippen molar-refractivity contribution in [1.82, 2.24) is 5.32 Å². The van der Waals surface area contributed by atoms with Crippen LogP contribution in [0.25, 0.3) is 0 Å². The van der Waals surface area contributed by atoms with Crippen molar-refractivity contribution in [3.05, 3.63) is 0 Å². The molecule has 2 N–H and O–H groups in total. The molecule has 5 nitrogen and oxygen atoms in total. The van der Waals surface area contributed by atoms with E-state index in [9.17, 15) is 9.59 Å². The zero-order valence-corrected chi connectivity index (χ0v) is 8.16. The molecule has 0 aromatic rings. The molecule has 1 heterocycles. The first kappa shape index (κ1) is 11.0. The summed E-state index contributed by atoms with van der Waals surface area (Å²) in [4.78, 5) is 21.6. The minimum Gasteiger partial charge on any atom is -0.480 e. The number of hydrogen-bond donors (Lipinski definition) is 2. The minimum atomic E-state index is -0.851. The fourth-order valence-electron chi connectivity index (χ4n) is 1.60. The zero-order chi connectivity index (χ0) is 10.6. The predicted octanol–water partition coefficient (Wildman–Crippen LogP) is 0.145. The topological polar surface area (TPSA) is 75.6 Å². The number of esters is 1. The van der Waals surface area contributed by atoms with Crippen LogP contribution in [0.15, 0.2) is 0 Å². The first-order valence-corrected chi connectivity index (χ1v) is 4.78. The fraction of sp³-hybridized carbons (Fsp3) is 0.778. The molecule has 1 aliphatic heterocycles. The molecule has 0 spiro atoms. The highest BCUT2D eigenvalue weighted by Crippen LogP contribution is 2.15. The van der Waals surface area contributed by atoms with Crippen molar-refractivity contribution in [2.24, 2.45) is 0 Å². The lowest BCUT2D eigenvalue weighted by Crippen LogP contribution is -2.36. The van der Waals surface area contributed by atoms with E-state index in [1.807, 2.05) is 0 Å². The van der Waals surface area contributed by atoms with E-state index in [1.165, 1.54) is 0 Å². The molecule has 1 fully saturated rings. The van der Waals surface area contributed by atoms with Gasteiger partial charge in [0.15, 0.2) is 0 Å². The summed E-state index contributed by atoms with van der Waals surface area (Å²) in [5, 5.41) is 11.6. The van der Waals surface area contributed by atoms with Gasteiger partial charge in [-0.3, -0.25) is 9.59 Å². The van der Waals surface area contributed by atoms with Gasteiger partial charge in [0.1, 0.15) is 6.04 Å². The highest BCUT2D eigenvalue weighted by atomic mass is 16.5. The molecular weight excluding hydrogens is 186 g/mol. The van der Waals surface area contributed by atoms with E-state index in [-0.39, 0.29) is 18.4 Å². The van der Waals surface area contributed by atoms with Gasteiger partial charge < -0.3 is 15.2 Å². The minimum absolute atomic E-state index is 0.0462. The average molecular weight is 201 g/mol. The molecule has 0 bridgehead atoms. The maximum absolute atomic E-state index is 11.1. The number of carboxylic acid groups (broad SMARTS) is 1. The molecule has 1 aliphatic rings. The molecule has 0 aliphatic carbocycles. The number of nitrogens with one attached hydrogen (secondary N) is 1. The Balaban J connectivity index is 2.28. The van der Waals surface area contributed by atoms with Crippen molar-refractivity contribution in [2.75, 3.05) is 6.61 Å². The number of rotatable bonds is 4. The van der Waals surface area contributed by atoms with Crippen molar-refractivity contribution in [3.8, 4) is 0 Å². The van der Waals surface area contributed by atoms with Gasteiger partial charge in [-0.1, -0.05) is 0 Å². The molecule has 0 aromatic carbocycles. The second-order valence-corrected chi connectivity index (χ2v) is 3.34. The monoisotopic (exact) mass is 201 g/mol. The van der Waals surface area contributed by atoms with Crippen LogP contribution in [0, 0.1) is 0 Å². The van der Waals surface area contributed by atoms with Gasteiger partial charge in [-0.05, 0) is 19.8 Å². The molecule has 0 radical (unpaired) electrons. The van der Waals surface area contributed by atoms with E-state index in [0.29, 0.717) is 13.0 Å². The van der Waals surface area contributed by atoms with Crippen LogP contribution < -0.4 is 5.32 Å². The summed E-state index contributed by atoms with van der Waals surface area (Å²) in [6.45, 7) is 2.12. The number of carboxylic acids is 1. The van der Waals surface area contributed by atoms with E-state index < -0.39 is 12.0 Å². The smallest absolute Gasteiger partial charge is 0.320 e. The third kappa shape index (κ3) is 2.99. The Morgan fingerprint density at radius 3 is 2.71 bits per heavy atom. The lowest BCUT2D eigenvalue weighted by molar-refractivity contribution is -0.144. The van der Waals surface area contributed by atoms with E-state index >= 15 is 0 Å². The summed E-state index contributed by atoms with van der Waals surface area (Å²) < 4.78 is 4.77. The molecule has 2 unspecified atom stereocenters. The molecule has 0 saturated carbocycles. The number of ether oxygens (including phenoxy) is 1. The fourth-order valence-corrected chi connectivity index (χ4v) is 1.60. The van der Waals surface area contributed by atoms with Crippen LogP contribution in [0.4, 0.5) is 0 Å². The second kappa shape index (κ2) is 4.95. The van der Waals surface area contributed by atoms with Gasteiger partial charge in [0.2, 0.25) is 0 Å². The van der Waals surface area contributed by atoms with E-state index in [0.717, 1.165) is 6.42 Å². The molecule has 80 valence electrons. The number of aliphatic carboxylic acids is 1. The summed E-state index contributed by atoms with van der Waals surface area (Å²) in [7, 11) is 0. The van der Waals surface area contributed by atoms with Crippen molar-refractivity contribution in [1.29, 1.82) is 0 Å². The van der Waals surface area contributed by atoms with Gasteiger partial charge >= 0.3 is 11.9 Å². The standard InChI is InChI=1S/C9H15NO4/c1-2-14-8(11)5-6-3-4-7(10-6)9(12)13/h6-7,10H,2-5H2,1H3,(H,12,13). The van der Waals surface area contributed by atoms with Crippen LogP contribution in [-0.2, 0) is 14.3 Å². The summed E-state index contributed by atoms with van der Waals surface area (Å²) in [5.74, 6) is -1.12. The van der Waals surface area contributed by atoms with Crippen molar-refractivity contribution in [3.63, 3.8) is 0 Å². The SMILES string of the molecule is CCOC(=O)CC1CCC(C(=O)O)N1. The van der Waals surface area contributed by atoms with E-state index in [2.05, 4.69) is 5.32 Å². The zero-order valence-electron chi connectivity index (χ0n) is 8.16. The van der Waals surface area contributed by atoms with Gasteiger partial charge in [-0.25, -0.2) is 0 Å². The molecular formula is C9H15NO4. The summed E-state index contributed by atoms with van der Waals surface area (Å²) in [6.07, 6.45) is 1.56. The van der Waals surface area contributed by atoms with Crippen molar-refractivity contribution < 1.29 is 19.4 Å². The molecule has 1 saturated heterocycles. The van der Waals surface area contributed by atoms with Crippen LogP contribution >= 0.6 is 0 Å². The van der Waals surface area contributed by atoms with Gasteiger partial charge in [-0.15, -0.1) is 0 Å². The summed E-state index contributed by atoms with van der Waals surface area (Å²) >= 11 is 0. The molecule has 0 amide bonds. The van der Waals surface area contributed by atoms with Gasteiger partial charge in [-0.2, -0.15) is 0 Å². The number of carbonyl (C=O) groups is 2. The maximum Gasteiger partial charge on any atom is 0.320 e. The Morgan fingerprint density at radius 2 is 2.21 bits per heavy atom. The highest BCUT2D eigenvalue weighted by molar-refractivity contribution is 5.74. The second-order valence-electron chi connectivity index (χ2n) is 3.34. The Hall–Kier alpha value is -1.10. The summed E-state index contributed by atoms with van der Waals surface area (Å²) in [5.41, 5.74) is 0. The lowest BCUT2D eigenvalue weighted by atomic mass is 10.1. The van der Waals surface area contributed by atoms with E-state index in [4.69, 9.17) is 9.84 Å². The Kier molecular flexibility index (Phi) is 3.88. The Morgan fingerprint density at radius 1 is 1.50 bits per heavy atom. The highest BCUT2D eigenvalue weighted by Gasteiger charge is 2.30. The van der Waals surface area contributed by atoms with Gasteiger partial charge in [0.05, 0.1) is 13.0 Å². The summed E-state index contributed by atoms with van der Waals surface area (Å²) in [6, 6.07) is -0.551. The number of carbonyl (C=O) groups excluding carboxylic acids is 1. The molecule has 5 heteroatoms. The first-order valence-electron chi connectivity index (χ1n) is 4.78. The van der Waals surface area contributed by atoms with Crippen LogP contribution in [0.5, 0.6) is 0 Å².